The molecule has 0 saturated heterocycles. The molecule has 9 nitrogen and oxygen atoms in total. The Bertz CT molecular complexity index is 1240. The number of hydrogen-bond donors (Lipinski definition) is 1. The van der Waals surface area contributed by atoms with Gasteiger partial charge in [-0.3, -0.25) is 9.20 Å². The lowest BCUT2D eigenvalue weighted by atomic mass is 10.2. The molecular formula is C21H25N5O4S. The van der Waals surface area contributed by atoms with Gasteiger partial charge in [0.05, 0.1) is 11.4 Å². The molecule has 3 rings (SSSR count). The van der Waals surface area contributed by atoms with E-state index >= 15 is 0 Å². The van der Waals surface area contributed by atoms with Crippen LogP contribution in [0.1, 0.15) is 19.4 Å². The number of aromatic nitrogens is 3. The minimum atomic E-state index is -3.51. The molecule has 0 radical (unpaired) electrons. The number of hydrogen-bond acceptors (Lipinski definition) is 5. The molecule has 0 aliphatic rings. The van der Waals surface area contributed by atoms with Crippen LogP contribution < -0.4 is 11.0 Å². The lowest BCUT2D eigenvalue weighted by Gasteiger charge is -2.18. The van der Waals surface area contributed by atoms with Crippen LogP contribution in [0.25, 0.3) is 11.7 Å². The van der Waals surface area contributed by atoms with E-state index in [4.69, 9.17) is 0 Å². The maximum Gasteiger partial charge on any atom is 0.350 e. The molecule has 0 spiro atoms. The predicted molar refractivity (Wildman–Crippen MR) is 118 cm³/mol. The highest BCUT2D eigenvalue weighted by Crippen LogP contribution is 2.16. The number of rotatable bonds is 9. The molecule has 10 heteroatoms. The van der Waals surface area contributed by atoms with Crippen LogP contribution in [-0.2, 0) is 21.4 Å². The summed E-state index contributed by atoms with van der Waals surface area (Å²) in [5.74, 6) is -0.323. The Labute approximate surface area is 180 Å². The van der Waals surface area contributed by atoms with Gasteiger partial charge < -0.3 is 5.32 Å². The van der Waals surface area contributed by atoms with Crippen molar-refractivity contribution >= 4 is 27.7 Å². The number of benzene rings is 1. The molecule has 0 aliphatic carbocycles. The number of pyridine rings is 1. The average Bonchev–Trinajstić information content (AvgIpc) is 3.09. The Kier molecular flexibility index (Phi) is 7.03. The molecule has 0 fully saturated rings. The minimum Gasteiger partial charge on any atom is -0.351 e. The second-order valence-electron chi connectivity index (χ2n) is 6.72. The van der Waals surface area contributed by atoms with Crippen LogP contribution in [0.5, 0.6) is 0 Å². The molecule has 2 heterocycles. The molecule has 0 aliphatic heterocycles. The standard InChI is InChI=1S/C21H25N5O4S/c1-3-24(4-2)31(29,30)18-11-8-17(9-12-18)10-13-20(27)22-14-16-26-21(28)25-15-6-5-7-19(25)23-26/h5-13,15H,3-4,14,16H2,1-2H3,(H,22,27)/b13-10+. The number of nitrogens with zero attached hydrogens (tertiary/aromatic N) is 4. The third kappa shape index (κ3) is 5.09. The van der Waals surface area contributed by atoms with Crippen LogP contribution in [0.3, 0.4) is 0 Å². The zero-order valence-corrected chi connectivity index (χ0v) is 18.2. The van der Waals surface area contributed by atoms with E-state index in [0.717, 1.165) is 0 Å². The third-order valence-corrected chi connectivity index (χ3v) is 6.83. The fourth-order valence-corrected chi connectivity index (χ4v) is 4.55. The van der Waals surface area contributed by atoms with Crippen molar-refractivity contribution in [2.45, 2.75) is 25.3 Å². The number of sulfonamides is 1. The summed E-state index contributed by atoms with van der Waals surface area (Å²) in [7, 11) is -3.51. The average molecular weight is 444 g/mol. The van der Waals surface area contributed by atoms with Crippen molar-refractivity contribution in [1.82, 2.24) is 23.8 Å². The van der Waals surface area contributed by atoms with Crippen molar-refractivity contribution in [3.05, 3.63) is 70.8 Å². The molecule has 31 heavy (non-hydrogen) atoms. The van der Waals surface area contributed by atoms with Gasteiger partial charge in [-0.15, -0.1) is 5.10 Å². The normalized spacial score (nSPS) is 12.1. The first-order valence-electron chi connectivity index (χ1n) is 9.97. The van der Waals surface area contributed by atoms with Crippen LogP contribution in [-0.4, -0.2) is 52.4 Å². The van der Waals surface area contributed by atoms with Crippen molar-refractivity contribution < 1.29 is 13.2 Å². The molecule has 0 bridgehead atoms. The quantitative estimate of drug-likeness (QED) is 0.503. The Morgan fingerprint density at radius 3 is 2.48 bits per heavy atom. The van der Waals surface area contributed by atoms with Crippen LogP contribution in [0.15, 0.2) is 64.4 Å². The van der Waals surface area contributed by atoms with Gasteiger partial charge >= 0.3 is 5.69 Å². The molecule has 2 aromatic heterocycles. The van der Waals surface area contributed by atoms with Gasteiger partial charge in [-0.05, 0) is 35.9 Å². The zero-order chi connectivity index (χ0) is 22.4. The van der Waals surface area contributed by atoms with Gasteiger partial charge in [-0.2, -0.15) is 4.31 Å². The van der Waals surface area contributed by atoms with E-state index in [1.54, 1.807) is 56.5 Å². The van der Waals surface area contributed by atoms with Crippen LogP contribution in [0.2, 0.25) is 0 Å². The summed E-state index contributed by atoms with van der Waals surface area (Å²) >= 11 is 0. The maximum atomic E-state index is 12.5. The number of amides is 1. The monoisotopic (exact) mass is 443 g/mol. The van der Waals surface area contributed by atoms with Gasteiger partial charge in [0.15, 0.2) is 5.65 Å². The van der Waals surface area contributed by atoms with Crippen molar-refractivity contribution in [3.8, 4) is 0 Å². The van der Waals surface area contributed by atoms with E-state index in [1.165, 1.54) is 31.6 Å². The fraction of sp³-hybridized carbons (Fsp3) is 0.286. The summed E-state index contributed by atoms with van der Waals surface area (Å²) in [4.78, 5) is 24.4. The van der Waals surface area contributed by atoms with Gasteiger partial charge in [-0.1, -0.05) is 32.0 Å². The van der Waals surface area contributed by atoms with E-state index in [1.807, 2.05) is 0 Å². The molecule has 0 atom stereocenters. The Balaban J connectivity index is 1.56. The molecule has 1 N–H and O–H groups in total. The first kappa shape index (κ1) is 22.4. The number of carbonyl (C=O) groups is 1. The summed E-state index contributed by atoms with van der Waals surface area (Å²) in [6.07, 6.45) is 4.60. The largest absolute Gasteiger partial charge is 0.351 e. The first-order chi connectivity index (χ1) is 14.9. The summed E-state index contributed by atoms with van der Waals surface area (Å²) < 4.78 is 29.1. The van der Waals surface area contributed by atoms with Gasteiger partial charge in [0.1, 0.15) is 0 Å². The van der Waals surface area contributed by atoms with Crippen LogP contribution in [0, 0.1) is 0 Å². The predicted octanol–water partition coefficient (Wildman–Crippen LogP) is 1.36. The summed E-state index contributed by atoms with van der Waals surface area (Å²) in [5, 5.41) is 6.90. The zero-order valence-electron chi connectivity index (χ0n) is 17.4. The molecular weight excluding hydrogens is 418 g/mol. The van der Waals surface area contributed by atoms with Gasteiger partial charge in [-0.25, -0.2) is 17.9 Å². The molecule has 1 amide bonds. The second kappa shape index (κ2) is 9.71. The van der Waals surface area contributed by atoms with E-state index in [0.29, 0.717) is 24.3 Å². The molecule has 164 valence electrons. The van der Waals surface area contributed by atoms with Gasteiger partial charge in [0, 0.05) is 31.9 Å². The summed E-state index contributed by atoms with van der Waals surface area (Å²) in [5.41, 5.74) is 0.982. The van der Waals surface area contributed by atoms with Crippen LogP contribution >= 0.6 is 0 Å². The number of nitrogens with one attached hydrogen (secondary N) is 1. The van der Waals surface area contributed by atoms with Gasteiger partial charge in [0.2, 0.25) is 15.9 Å². The Hall–Kier alpha value is -3.24. The maximum absolute atomic E-state index is 12.5. The third-order valence-electron chi connectivity index (χ3n) is 4.76. The fourth-order valence-electron chi connectivity index (χ4n) is 3.09. The van der Waals surface area contributed by atoms with E-state index in [9.17, 15) is 18.0 Å². The van der Waals surface area contributed by atoms with Gasteiger partial charge in [0.25, 0.3) is 0 Å². The van der Waals surface area contributed by atoms with Crippen molar-refractivity contribution in [1.29, 1.82) is 0 Å². The van der Waals surface area contributed by atoms with Crippen molar-refractivity contribution in [2.75, 3.05) is 19.6 Å². The molecule has 1 aromatic carbocycles. The highest BCUT2D eigenvalue weighted by atomic mass is 32.2. The molecule has 0 unspecified atom stereocenters. The lowest BCUT2D eigenvalue weighted by Crippen LogP contribution is -2.30. The van der Waals surface area contributed by atoms with E-state index in [-0.39, 0.29) is 29.6 Å². The number of fused-ring (bicyclic) bond motifs is 1. The van der Waals surface area contributed by atoms with Crippen molar-refractivity contribution in [2.24, 2.45) is 0 Å². The summed E-state index contributed by atoms with van der Waals surface area (Å²) in [6, 6.07) is 11.6. The smallest absolute Gasteiger partial charge is 0.350 e. The second-order valence-corrected chi connectivity index (χ2v) is 8.66. The lowest BCUT2D eigenvalue weighted by molar-refractivity contribution is -0.116. The highest BCUT2D eigenvalue weighted by molar-refractivity contribution is 7.89. The Morgan fingerprint density at radius 1 is 1.13 bits per heavy atom. The topological polar surface area (TPSA) is 106 Å². The first-order valence-corrected chi connectivity index (χ1v) is 11.4. The molecule has 3 aromatic rings. The van der Waals surface area contributed by atoms with Crippen molar-refractivity contribution in [3.63, 3.8) is 0 Å². The summed E-state index contributed by atoms with van der Waals surface area (Å²) in [6.45, 7) is 4.89. The highest BCUT2D eigenvalue weighted by Gasteiger charge is 2.20. The Morgan fingerprint density at radius 2 is 1.84 bits per heavy atom. The SMILES string of the molecule is CCN(CC)S(=O)(=O)c1ccc(/C=C/C(=O)NCCn2nc3ccccn3c2=O)cc1. The minimum absolute atomic E-state index is 0.218. The van der Waals surface area contributed by atoms with Crippen LogP contribution in [0.4, 0.5) is 0 Å². The van der Waals surface area contributed by atoms with E-state index in [2.05, 4.69) is 10.4 Å². The van der Waals surface area contributed by atoms with E-state index < -0.39 is 10.0 Å². The number of carbonyl (C=O) groups excluding carboxylic acids is 1. The molecule has 0 saturated carbocycles.